The molecule has 1 heterocycles. The van der Waals surface area contributed by atoms with Crippen LogP contribution in [-0.2, 0) is 19.2 Å². The van der Waals surface area contributed by atoms with Crippen molar-refractivity contribution in [2.75, 3.05) is 13.2 Å². The summed E-state index contributed by atoms with van der Waals surface area (Å²) in [4.78, 5) is 30.4. The van der Waals surface area contributed by atoms with E-state index in [1.54, 1.807) is 0 Å². The maximum atomic E-state index is 13.8. The normalized spacial score (nSPS) is 44.8. The van der Waals surface area contributed by atoms with E-state index in [1.807, 2.05) is 6.92 Å². The number of nitrogens with one attached hydrogen (secondary N) is 3. The minimum Gasteiger partial charge on any atom is -0.391 e. The molecule has 4 N–H and O–H groups in total. The summed E-state index contributed by atoms with van der Waals surface area (Å²) in [5.41, 5.74) is 1.66. The smallest absolute Gasteiger partial charge is 0.246 e. The SMILES string of the molecule is CC1NOCC1C(=O)NC12CCC(NC(=O)COC3CCC(Cl)C(F)C3)(CC1)C(O)C2. The van der Waals surface area contributed by atoms with Gasteiger partial charge < -0.3 is 25.3 Å². The van der Waals surface area contributed by atoms with Crippen LogP contribution in [-0.4, -0.2) is 71.0 Å². The number of ether oxygens (including phenoxy) is 1. The predicted octanol–water partition coefficient (Wildman–Crippen LogP) is 1.09. The topological polar surface area (TPSA) is 109 Å². The van der Waals surface area contributed by atoms with Crippen LogP contribution in [0.3, 0.4) is 0 Å². The van der Waals surface area contributed by atoms with E-state index >= 15 is 0 Å². The molecule has 4 saturated carbocycles. The molecule has 4 aliphatic carbocycles. The molecule has 176 valence electrons. The van der Waals surface area contributed by atoms with Crippen LogP contribution in [0.25, 0.3) is 0 Å². The van der Waals surface area contributed by atoms with E-state index < -0.39 is 28.7 Å². The summed E-state index contributed by atoms with van der Waals surface area (Å²) >= 11 is 5.90. The lowest BCUT2D eigenvalue weighted by Crippen LogP contribution is -2.70. The van der Waals surface area contributed by atoms with Gasteiger partial charge in [-0.2, -0.15) is 5.48 Å². The van der Waals surface area contributed by atoms with Gasteiger partial charge in [-0.15, -0.1) is 11.6 Å². The molecule has 6 atom stereocenters. The fourth-order valence-electron chi connectivity index (χ4n) is 5.52. The van der Waals surface area contributed by atoms with Crippen LogP contribution >= 0.6 is 11.6 Å². The highest BCUT2D eigenvalue weighted by molar-refractivity contribution is 6.21. The Morgan fingerprint density at radius 1 is 1.26 bits per heavy atom. The van der Waals surface area contributed by atoms with Crippen LogP contribution in [0.4, 0.5) is 4.39 Å². The first kappa shape index (κ1) is 23.2. The van der Waals surface area contributed by atoms with Gasteiger partial charge in [0, 0.05) is 18.0 Å². The Morgan fingerprint density at radius 2 is 2.00 bits per heavy atom. The van der Waals surface area contributed by atoms with Crippen molar-refractivity contribution in [1.29, 1.82) is 0 Å². The zero-order valence-electron chi connectivity index (χ0n) is 17.9. The Labute approximate surface area is 186 Å². The van der Waals surface area contributed by atoms with Crippen LogP contribution in [0.15, 0.2) is 0 Å². The highest BCUT2D eigenvalue weighted by Gasteiger charge is 2.55. The predicted molar refractivity (Wildman–Crippen MR) is 111 cm³/mol. The Hall–Kier alpha value is -1.00. The van der Waals surface area contributed by atoms with Gasteiger partial charge in [-0.3, -0.25) is 9.59 Å². The van der Waals surface area contributed by atoms with Crippen molar-refractivity contribution >= 4 is 23.4 Å². The van der Waals surface area contributed by atoms with Crippen molar-refractivity contribution in [3.63, 3.8) is 0 Å². The number of halogens is 2. The lowest BCUT2D eigenvalue weighted by atomic mass is 9.59. The average Bonchev–Trinajstić information content (AvgIpc) is 3.16. The number of alkyl halides is 2. The second-order valence-electron chi connectivity index (χ2n) is 9.80. The molecule has 6 unspecified atom stereocenters. The molecule has 5 aliphatic rings. The number of aliphatic hydroxyl groups is 1. The quantitative estimate of drug-likeness (QED) is 0.441. The van der Waals surface area contributed by atoms with E-state index in [9.17, 15) is 19.1 Å². The maximum Gasteiger partial charge on any atom is 0.246 e. The van der Waals surface area contributed by atoms with Crippen molar-refractivity contribution in [3.8, 4) is 0 Å². The zero-order valence-corrected chi connectivity index (χ0v) is 18.6. The third kappa shape index (κ3) is 4.85. The van der Waals surface area contributed by atoms with Gasteiger partial charge in [0.1, 0.15) is 12.8 Å². The molecular weight excluding hydrogens is 429 g/mol. The molecule has 2 bridgehead atoms. The standard InChI is InChI=1S/C21H33ClFN3O5/c1-12-14(10-31-26-12)19(29)25-20-4-6-21(7-5-20,17(27)9-20)24-18(28)11-30-13-2-3-15(22)16(23)8-13/h12-17,26-27H,2-11H2,1H3,(H,24,28)(H,25,29). The molecule has 31 heavy (non-hydrogen) atoms. The summed E-state index contributed by atoms with van der Waals surface area (Å²) in [5.74, 6) is -0.618. The summed E-state index contributed by atoms with van der Waals surface area (Å²) in [6.45, 7) is 2.08. The van der Waals surface area contributed by atoms with Gasteiger partial charge in [0.2, 0.25) is 11.8 Å². The molecule has 0 aromatic carbocycles. The van der Waals surface area contributed by atoms with E-state index in [2.05, 4.69) is 16.1 Å². The number of hydrogen-bond acceptors (Lipinski definition) is 6. The van der Waals surface area contributed by atoms with Gasteiger partial charge in [-0.05, 0) is 51.9 Å². The van der Waals surface area contributed by atoms with Crippen LogP contribution in [0.5, 0.6) is 0 Å². The van der Waals surface area contributed by atoms with Gasteiger partial charge in [0.05, 0.1) is 35.6 Å². The number of aliphatic hydroxyl groups excluding tert-OH is 1. The molecule has 0 spiro atoms. The van der Waals surface area contributed by atoms with Gasteiger partial charge >= 0.3 is 0 Å². The van der Waals surface area contributed by atoms with Crippen LogP contribution in [0, 0.1) is 5.92 Å². The molecular formula is C21H33ClFN3O5. The lowest BCUT2D eigenvalue weighted by Gasteiger charge is -2.56. The van der Waals surface area contributed by atoms with Crippen LogP contribution in [0.1, 0.15) is 58.3 Å². The number of carbonyl (C=O) groups excluding carboxylic acids is 2. The van der Waals surface area contributed by atoms with Gasteiger partial charge in [-0.25, -0.2) is 4.39 Å². The largest absolute Gasteiger partial charge is 0.391 e. The summed E-state index contributed by atoms with van der Waals surface area (Å²) in [6.07, 6.45) is 2.15. The van der Waals surface area contributed by atoms with E-state index in [1.165, 1.54) is 0 Å². The Morgan fingerprint density at radius 3 is 2.61 bits per heavy atom. The molecule has 1 saturated heterocycles. The summed E-state index contributed by atoms with van der Waals surface area (Å²) in [5, 5.41) is 16.5. The fraction of sp³-hybridized carbons (Fsp3) is 0.905. The van der Waals surface area contributed by atoms with Crippen LogP contribution in [0.2, 0.25) is 0 Å². The number of carbonyl (C=O) groups is 2. The lowest BCUT2D eigenvalue weighted by molar-refractivity contribution is -0.141. The van der Waals surface area contributed by atoms with E-state index in [0.717, 1.165) is 0 Å². The monoisotopic (exact) mass is 461 g/mol. The maximum absolute atomic E-state index is 13.8. The van der Waals surface area contributed by atoms with Gasteiger partial charge in [0.15, 0.2) is 0 Å². The Balaban J connectivity index is 1.27. The number of hydroxylamine groups is 1. The average molecular weight is 462 g/mol. The summed E-state index contributed by atoms with van der Waals surface area (Å²) in [7, 11) is 0. The zero-order chi connectivity index (χ0) is 22.2. The van der Waals surface area contributed by atoms with Crippen molar-refractivity contribution in [3.05, 3.63) is 0 Å². The summed E-state index contributed by atoms with van der Waals surface area (Å²) < 4.78 is 19.4. The first-order chi connectivity index (χ1) is 14.7. The second kappa shape index (κ2) is 9.09. The minimum absolute atomic E-state index is 0.0564. The second-order valence-corrected chi connectivity index (χ2v) is 10.4. The van der Waals surface area contributed by atoms with Crippen molar-refractivity contribution in [1.82, 2.24) is 16.1 Å². The molecule has 1 aliphatic heterocycles. The molecule has 0 radical (unpaired) electrons. The fourth-order valence-corrected chi connectivity index (χ4v) is 5.74. The number of fused-ring (bicyclic) bond motifs is 3. The molecule has 8 nitrogen and oxygen atoms in total. The van der Waals surface area contributed by atoms with Crippen molar-refractivity contribution < 1.29 is 28.7 Å². The molecule has 0 aromatic heterocycles. The molecule has 5 fully saturated rings. The molecule has 5 rings (SSSR count). The third-order valence-corrected chi connectivity index (χ3v) is 8.16. The third-order valence-electron chi connectivity index (χ3n) is 7.67. The summed E-state index contributed by atoms with van der Waals surface area (Å²) in [6, 6.07) is -0.0564. The molecule has 0 aromatic rings. The van der Waals surface area contributed by atoms with Crippen LogP contribution < -0.4 is 16.1 Å². The first-order valence-electron chi connectivity index (χ1n) is 11.3. The Bertz CT molecular complexity index is 690. The van der Waals surface area contributed by atoms with E-state index in [0.29, 0.717) is 51.6 Å². The van der Waals surface area contributed by atoms with E-state index in [4.69, 9.17) is 21.2 Å². The van der Waals surface area contributed by atoms with Gasteiger partial charge in [0.25, 0.3) is 0 Å². The first-order valence-corrected chi connectivity index (χ1v) is 11.7. The molecule has 2 amide bonds. The number of amides is 2. The molecule has 10 heteroatoms. The highest BCUT2D eigenvalue weighted by Crippen LogP contribution is 2.47. The number of hydrogen-bond donors (Lipinski definition) is 4. The van der Waals surface area contributed by atoms with Gasteiger partial charge in [-0.1, -0.05) is 0 Å². The van der Waals surface area contributed by atoms with Crippen molar-refractivity contribution in [2.45, 2.75) is 99.2 Å². The number of rotatable bonds is 6. The highest BCUT2D eigenvalue weighted by atomic mass is 35.5. The Kier molecular flexibility index (Phi) is 6.80. The van der Waals surface area contributed by atoms with E-state index in [-0.39, 0.29) is 42.9 Å². The van der Waals surface area contributed by atoms with Crippen molar-refractivity contribution in [2.24, 2.45) is 5.92 Å². The minimum atomic E-state index is -1.11.